The Labute approximate surface area is 122 Å². The molecule has 1 fully saturated rings. The molecule has 3 N–H and O–H groups in total. The third-order valence-electron chi connectivity index (χ3n) is 3.77. The summed E-state index contributed by atoms with van der Waals surface area (Å²) in [5, 5.41) is 2.85. The van der Waals surface area contributed by atoms with E-state index in [2.05, 4.69) is 10.1 Å². The zero-order chi connectivity index (χ0) is 15.2. The molecule has 1 aromatic rings. The number of halogens is 2. The molecule has 1 saturated carbocycles. The van der Waals surface area contributed by atoms with Crippen LogP contribution in [-0.4, -0.2) is 18.6 Å². The van der Waals surface area contributed by atoms with Gasteiger partial charge in [0.1, 0.15) is 5.75 Å². The molecular weight excluding hydrogens is 278 g/mol. The number of rotatable bonds is 5. The molecule has 116 valence electrons. The summed E-state index contributed by atoms with van der Waals surface area (Å²) in [5.74, 6) is -0.0512. The molecule has 1 aliphatic rings. The number of benzene rings is 1. The van der Waals surface area contributed by atoms with Gasteiger partial charge in [-0.1, -0.05) is 25.0 Å². The Hall–Kier alpha value is -1.69. The molecule has 6 heteroatoms. The average molecular weight is 298 g/mol. The van der Waals surface area contributed by atoms with Gasteiger partial charge in [-0.2, -0.15) is 8.78 Å². The number of carbonyl (C=O) groups excluding carboxylic acids is 1. The molecule has 2 unspecified atom stereocenters. The highest BCUT2D eigenvalue weighted by Crippen LogP contribution is 2.23. The Morgan fingerprint density at radius 3 is 2.57 bits per heavy atom. The largest absolute Gasteiger partial charge is 0.435 e. The van der Waals surface area contributed by atoms with Gasteiger partial charge in [-0.05, 0) is 30.5 Å². The lowest BCUT2D eigenvalue weighted by molar-refractivity contribution is -0.126. The van der Waals surface area contributed by atoms with E-state index in [1.54, 1.807) is 12.1 Å². The summed E-state index contributed by atoms with van der Waals surface area (Å²) in [6.07, 6.45) is 3.83. The molecule has 0 aliphatic heterocycles. The zero-order valence-electron chi connectivity index (χ0n) is 11.7. The van der Waals surface area contributed by atoms with Crippen LogP contribution >= 0.6 is 0 Å². The van der Waals surface area contributed by atoms with E-state index in [0.717, 1.165) is 31.2 Å². The number of hydrogen-bond donors (Lipinski definition) is 2. The lowest BCUT2D eigenvalue weighted by Gasteiger charge is -2.27. The van der Waals surface area contributed by atoms with Crippen LogP contribution in [0.1, 0.15) is 31.2 Å². The Balaban J connectivity index is 1.83. The van der Waals surface area contributed by atoms with Gasteiger partial charge in [-0.3, -0.25) is 4.79 Å². The van der Waals surface area contributed by atoms with Crippen LogP contribution in [0.25, 0.3) is 0 Å². The highest BCUT2D eigenvalue weighted by atomic mass is 19.3. The molecule has 21 heavy (non-hydrogen) atoms. The summed E-state index contributed by atoms with van der Waals surface area (Å²) >= 11 is 0. The minimum absolute atomic E-state index is 0.0323. The van der Waals surface area contributed by atoms with E-state index in [0.29, 0.717) is 6.54 Å². The molecule has 0 radical (unpaired) electrons. The molecule has 2 rings (SSSR count). The number of amides is 1. The van der Waals surface area contributed by atoms with Gasteiger partial charge in [-0.15, -0.1) is 0 Å². The predicted molar refractivity (Wildman–Crippen MR) is 74.9 cm³/mol. The second kappa shape index (κ2) is 7.36. The summed E-state index contributed by atoms with van der Waals surface area (Å²) in [7, 11) is 0. The topological polar surface area (TPSA) is 64.4 Å². The second-order valence-corrected chi connectivity index (χ2v) is 5.30. The maximum atomic E-state index is 12.1. The van der Waals surface area contributed by atoms with Gasteiger partial charge in [0.05, 0.1) is 5.92 Å². The van der Waals surface area contributed by atoms with Crippen LogP contribution < -0.4 is 15.8 Å². The first kappa shape index (κ1) is 15.7. The number of carbonyl (C=O) groups is 1. The summed E-state index contributed by atoms with van der Waals surface area (Å²) in [6, 6.07) is 6.15. The summed E-state index contributed by atoms with van der Waals surface area (Å²) in [5.41, 5.74) is 6.79. The fourth-order valence-electron chi connectivity index (χ4n) is 2.59. The lowest BCUT2D eigenvalue weighted by Crippen LogP contribution is -2.43. The number of nitrogens with two attached hydrogens (primary N) is 1. The fraction of sp³-hybridized carbons (Fsp3) is 0.533. The van der Waals surface area contributed by atoms with E-state index in [9.17, 15) is 13.6 Å². The molecular formula is C15H20F2N2O2. The SMILES string of the molecule is NC1CCCCC1C(=O)NCc1ccc(OC(F)F)cc1. The van der Waals surface area contributed by atoms with E-state index >= 15 is 0 Å². The van der Waals surface area contributed by atoms with Crippen LogP contribution in [-0.2, 0) is 11.3 Å². The standard InChI is InChI=1S/C15H20F2N2O2/c16-15(17)21-11-7-5-10(6-8-11)9-19-14(20)12-3-1-2-4-13(12)18/h5-8,12-13,15H,1-4,9,18H2,(H,19,20). The Bertz CT molecular complexity index is 465. The third kappa shape index (κ3) is 4.67. The van der Waals surface area contributed by atoms with Crippen molar-refractivity contribution in [3.05, 3.63) is 29.8 Å². The number of alkyl halides is 2. The highest BCUT2D eigenvalue weighted by Gasteiger charge is 2.27. The Morgan fingerprint density at radius 2 is 1.95 bits per heavy atom. The maximum Gasteiger partial charge on any atom is 0.387 e. The summed E-state index contributed by atoms with van der Waals surface area (Å²) in [4.78, 5) is 12.1. The molecule has 1 aromatic carbocycles. The van der Waals surface area contributed by atoms with Crippen LogP contribution in [0.3, 0.4) is 0 Å². The number of hydrogen-bond acceptors (Lipinski definition) is 3. The van der Waals surface area contributed by atoms with Gasteiger partial charge in [0.2, 0.25) is 5.91 Å². The average Bonchev–Trinajstić information content (AvgIpc) is 2.46. The lowest BCUT2D eigenvalue weighted by atomic mass is 9.84. The third-order valence-corrected chi connectivity index (χ3v) is 3.77. The second-order valence-electron chi connectivity index (χ2n) is 5.30. The summed E-state index contributed by atoms with van der Waals surface area (Å²) < 4.78 is 28.3. The minimum Gasteiger partial charge on any atom is -0.435 e. The molecule has 0 bridgehead atoms. The monoisotopic (exact) mass is 298 g/mol. The van der Waals surface area contributed by atoms with Crippen molar-refractivity contribution in [2.75, 3.05) is 0 Å². The van der Waals surface area contributed by atoms with Crippen molar-refractivity contribution in [2.45, 2.75) is 44.9 Å². The first-order valence-electron chi connectivity index (χ1n) is 7.13. The van der Waals surface area contributed by atoms with Gasteiger partial charge in [0, 0.05) is 12.6 Å². The van der Waals surface area contributed by atoms with Crippen molar-refractivity contribution in [3.63, 3.8) is 0 Å². The van der Waals surface area contributed by atoms with Crippen molar-refractivity contribution in [1.29, 1.82) is 0 Å². The number of ether oxygens (including phenoxy) is 1. The predicted octanol–water partition coefficient (Wildman–Crippen LogP) is 2.42. The molecule has 0 aromatic heterocycles. The molecule has 0 heterocycles. The normalized spacial score (nSPS) is 22.1. The molecule has 4 nitrogen and oxygen atoms in total. The van der Waals surface area contributed by atoms with Crippen molar-refractivity contribution in [1.82, 2.24) is 5.32 Å². The van der Waals surface area contributed by atoms with Crippen molar-refractivity contribution >= 4 is 5.91 Å². The van der Waals surface area contributed by atoms with E-state index in [4.69, 9.17) is 5.73 Å². The first-order valence-corrected chi connectivity index (χ1v) is 7.13. The van der Waals surface area contributed by atoms with E-state index in [-0.39, 0.29) is 23.6 Å². The van der Waals surface area contributed by atoms with Gasteiger partial charge in [0.15, 0.2) is 0 Å². The molecule has 1 amide bonds. The fourth-order valence-corrected chi connectivity index (χ4v) is 2.59. The maximum absolute atomic E-state index is 12.1. The first-order chi connectivity index (χ1) is 10.1. The molecule has 0 saturated heterocycles. The van der Waals surface area contributed by atoms with Crippen molar-refractivity contribution in [3.8, 4) is 5.75 Å². The number of nitrogens with one attached hydrogen (secondary N) is 1. The zero-order valence-corrected chi connectivity index (χ0v) is 11.7. The smallest absolute Gasteiger partial charge is 0.387 e. The minimum atomic E-state index is -2.83. The summed E-state index contributed by atoms with van der Waals surface area (Å²) in [6.45, 7) is -2.47. The van der Waals surface area contributed by atoms with Crippen LogP contribution in [0.15, 0.2) is 24.3 Å². The van der Waals surface area contributed by atoms with Crippen LogP contribution in [0.2, 0.25) is 0 Å². The van der Waals surface area contributed by atoms with E-state index in [1.165, 1.54) is 12.1 Å². The quantitative estimate of drug-likeness (QED) is 0.877. The Kier molecular flexibility index (Phi) is 5.50. The van der Waals surface area contributed by atoms with Gasteiger partial charge in [-0.25, -0.2) is 0 Å². The molecule has 0 spiro atoms. The van der Waals surface area contributed by atoms with E-state index in [1.807, 2.05) is 0 Å². The van der Waals surface area contributed by atoms with Crippen LogP contribution in [0.4, 0.5) is 8.78 Å². The van der Waals surface area contributed by atoms with Crippen molar-refractivity contribution < 1.29 is 18.3 Å². The van der Waals surface area contributed by atoms with Gasteiger partial charge in [0.25, 0.3) is 0 Å². The van der Waals surface area contributed by atoms with E-state index < -0.39 is 6.61 Å². The van der Waals surface area contributed by atoms with Gasteiger partial charge >= 0.3 is 6.61 Å². The highest BCUT2D eigenvalue weighted by molar-refractivity contribution is 5.79. The van der Waals surface area contributed by atoms with Crippen LogP contribution in [0.5, 0.6) is 5.75 Å². The van der Waals surface area contributed by atoms with Crippen LogP contribution in [0, 0.1) is 5.92 Å². The van der Waals surface area contributed by atoms with Gasteiger partial charge < -0.3 is 15.8 Å². The molecule has 2 atom stereocenters. The molecule has 1 aliphatic carbocycles. The Morgan fingerprint density at radius 1 is 1.29 bits per heavy atom. The van der Waals surface area contributed by atoms with Crippen molar-refractivity contribution in [2.24, 2.45) is 11.7 Å².